The number of nitrogens with two attached hydrogens (primary N) is 1. The van der Waals surface area contributed by atoms with Crippen LogP contribution < -0.4 is 26.6 Å². The van der Waals surface area contributed by atoms with Gasteiger partial charge in [-0.15, -0.1) is 0 Å². The van der Waals surface area contributed by atoms with Crippen LogP contribution in [0.5, 0.6) is 5.75 Å². The van der Waals surface area contributed by atoms with Crippen molar-refractivity contribution in [2.24, 2.45) is 0 Å². The zero-order valence-electron chi connectivity index (χ0n) is 15.6. The normalized spacial score (nSPS) is 11.0. The van der Waals surface area contributed by atoms with Crippen molar-refractivity contribution in [3.8, 4) is 5.75 Å². The summed E-state index contributed by atoms with van der Waals surface area (Å²) in [5.74, 6) is -0.0308. The van der Waals surface area contributed by atoms with Crippen LogP contribution >= 0.6 is 11.6 Å². The van der Waals surface area contributed by atoms with Gasteiger partial charge in [0.05, 0.1) is 10.6 Å². The van der Waals surface area contributed by atoms with Gasteiger partial charge in [-0.05, 0) is 18.2 Å². The van der Waals surface area contributed by atoms with Crippen LogP contribution in [0.3, 0.4) is 0 Å². The van der Waals surface area contributed by atoms with Gasteiger partial charge in [0.15, 0.2) is 18.2 Å². The fourth-order valence-electron chi connectivity index (χ4n) is 2.22. The first-order valence-corrected chi connectivity index (χ1v) is 8.95. The number of hydrazine groups is 1. The van der Waals surface area contributed by atoms with Crippen LogP contribution in [-0.2, 0) is 11.0 Å². The van der Waals surface area contributed by atoms with E-state index in [-0.39, 0.29) is 34.8 Å². The molecule has 5 N–H and O–H groups in total. The maximum Gasteiger partial charge on any atom is 0.417 e. The molecule has 0 aliphatic carbocycles. The number of carbonyl (C=O) groups excluding carboxylic acids is 1. The van der Waals surface area contributed by atoms with Crippen molar-refractivity contribution < 1.29 is 22.7 Å². The molecule has 1 amide bonds. The Morgan fingerprint density at radius 1 is 1.10 bits per heavy atom. The second kappa shape index (κ2) is 9.34. The molecule has 13 heteroatoms. The van der Waals surface area contributed by atoms with Gasteiger partial charge in [-0.2, -0.15) is 13.2 Å². The first-order valence-electron chi connectivity index (χ1n) is 8.57. The molecular formula is C18H15ClF3N7O2. The molecule has 162 valence electrons. The van der Waals surface area contributed by atoms with Crippen LogP contribution in [0.4, 0.5) is 36.3 Å². The van der Waals surface area contributed by atoms with E-state index in [4.69, 9.17) is 22.1 Å². The molecular weight excluding hydrogens is 439 g/mol. The molecule has 3 rings (SSSR count). The van der Waals surface area contributed by atoms with E-state index < -0.39 is 17.6 Å². The highest BCUT2D eigenvalue weighted by atomic mass is 35.5. The highest BCUT2D eigenvalue weighted by molar-refractivity contribution is 6.33. The summed E-state index contributed by atoms with van der Waals surface area (Å²) in [6.45, 7) is -0.266. The lowest BCUT2D eigenvalue weighted by molar-refractivity contribution is -0.137. The summed E-state index contributed by atoms with van der Waals surface area (Å²) in [5.41, 5.74) is 9.79. The van der Waals surface area contributed by atoms with Crippen LogP contribution in [0, 0.1) is 0 Å². The molecule has 1 aromatic carbocycles. The van der Waals surface area contributed by atoms with Crippen LogP contribution in [0.2, 0.25) is 5.02 Å². The molecule has 2 aromatic heterocycles. The van der Waals surface area contributed by atoms with Crippen molar-refractivity contribution in [3.05, 3.63) is 59.5 Å². The lowest BCUT2D eigenvalue weighted by atomic mass is 10.3. The number of carbonyl (C=O) groups is 1. The molecule has 2 heterocycles. The number of benzene rings is 1. The number of nitrogens with one attached hydrogen (secondary N) is 3. The van der Waals surface area contributed by atoms with E-state index >= 15 is 0 Å². The Balaban J connectivity index is 1.63. The molecule has 0 fully saturated rings. The van der Waals surface area contributed by atoms with Gasteiger partial charge in [-0.25, -0.2) is 15.0 Å². The number of aromatic nitrogens is 3. The molecule has 0 saturated heterocycles. The van der Waals surface area contributed by atoms with E-state index in [9.17, 15) is 18.0 Å². The van der Waals surface area contributed by atoms with E-state index in [1.807, 2.05) is 6.07 Å². The Hall–Kier alpha value is -3.80. The minimum Gasteiger partial charge on any atom is -0.484 e. The van der Waals surface area contributed by atoms with E-state index in [1.165, 1.54) is 0 Å². The summed E-state index contributed by atoms with van der Waals surface area (Å²) >= 11 is 5.87. The lowest BCUT2D eigenvalue weighted by Crippen LogP contribution is -2.34. The van der Waals surface area contributed by atoms with Gasteiger partial charge < -0.3 is 15.8 Å². The van der Waals surface area contributed by atoms with E-state index in [0.29, 0.717) is 11.9 Å². The van der Waals surface area contributed by atoms with Gasteiger partial charge in [0.1, 0.15) is 23.6 Å². The smallest absolute Gasteiger partial charge is 0.417 e. The second-order valence-corrected chi connectivity index (χ2v) is 6.34. The second-order valence-electron chi connectivity index (χ2n) is 5.94. The standard InChI is InChI=1S/C18H15ClF3N7O2/c19-12-6-10(18(20,21)22)7-24-15(12)27-16-14(23)17(26-9-25-16)29-28-13(30)8-31-11-4-2-1-3-5-11/h1-7,9H,8,23H2,(H,28,30)(H2,24,25,26,27,29). The number of ether oxygens (including phenoxy) is 1. The number of alkyl halides is 3. The monoisotopic (exact) mass is 453 g/mol. The molecule has 9 nitrogen and oxygen atoms in total. The molecule has 0 aliphatic heterocycles. The Labute approximate surface area is 178 Å². The summed E-state index contributed by atoms with van der Waals surface area (Å²) in [6, 6.07) is 9.45. The molecule has 0 spiro atoms. The predicted octanol–water partition coefficient (Wildman–Crippen LogP) is 3.39. The summed E-state index contributed by atoms with van der Waals surface area (Å²) in [5, 5.41) is 2.35. The van der Waals surface area contributed by atoms with Gasteiger partial charge in [0.25, 0.3) is 5.91 Å². The third kappa shape index (κ3) is 5.85. The van der Waals surface area contributed by atoms with E-state index in [2.05, 4.69) is 31.1 Å². The summed E-state index contributed by atoms with van der Waals surface area (Å²) in [6.07, 6.45) is -2.84. The number of pyridine rings is 1. The molecule has 0 unspecified atom stereocenters. The van der Waals surface area contributed by atoms with Crippen LogP contribution in [-0.4, -0.2) is 27.5 Å². The first kappa shape index (κ1) is 21.9. The summed E-state index contributed by atoms with van der Waals surface area (Å²) in [7, 11) is 0. The Bertz CT molecular complexity index is 1070. The fourth-order valence-corrected chi connectivity index (χ4v) is 2.44. The minimum absolute atomic E-state index is 0.0152. The van der Waals surface area contributed by atoms with Crippen molar-refractivity contribution in [1.82, 2.24) is 20.4 Å². The Kier molecular flexibility index (Phi) is 6.60. The van der Waals surface area contributed by atoms with E-state index in [1.54, 1.807) is 24.3 Å². The van der Waals surface area contributed by atoms with Crippen molar-refractivity contribution in [3.63, 3.8) is 0 Å². The quantitative estimate of drug-likeness (QED) is 0.401. The third-order valence-electron chi connectivity index (χ3n) is 3.72. The van der Waals surface area contributed by atoms with Crippen molar-refractivity contribution in [1.29, 1.82) is 0 Å². The highest BCUT2D eigenvalue weighted by Gasteiger charge is 2.31. The zero-order chi connectivity index (χ0) is 22.4. The SMILES string of the molecule is Nc1c(NNC(=O)COc2ccccc2)ncnc1Nc1ncc(C(F)(F)F)cc1Cl. The molecule has 0 atom stereocenters. The van der Waals surface area contributed by atoms with Gasteiger partial charge in [0.2, 0.25) is 0 Å². The van der Waals surface area contributed by atoms with Gasteiger partial charge in [-0.1, -0.05) is 29.8 Å². The number of hydrogen-bond donors (Lipinski definition) is 4. The zero-order valence-corrected chi connectivity index (χ0v) is 16.3. The average Bonchev–Trinajstić information content (AvgIpc) is 2.74. The van der Waals surface area contributed by atoms with Crippen LogP contribution in [0.25, 0.3) is 0 Å². The minimum atomic E-state index is -4.58. The molecule has 3 aromatic rings. The number of anilines is 4. The van der Waals surface area contributed by atoms with Gasteiger partial charge in [-0.3, -0.25) is 15.6 Å². The fraction of sp³-hybridized carbons (Fsp3) is 0.111. The molecule has 31 heavy (non-hydrogen) atoms. The number of para-hydroxylation sites is 1. The molecule has 0 aliphatic rings. The summed E-state index contributed by atoms with van der Waals surface area (Å²) < 4.78 is 43.5. The van der Waals surface area contributed by atoms with Gasteiger partial charge >= 0.3 is 6.18 Å². The predicted molar refractivity (Wildman–Crippen MR) is 108 cm³/mol. The number of nitrogens with zero attached hydrogens (tertiary/aromatic N) is 3. The van der Waals surface area contributed by atoms with Crippen molar-refractivity contribution in [2.45, 2.75) is 6.18 Å². The number of halogens is 4. The highest BCUT2D eigenvalue weighted by Crippen LogP contribution is 2.34. The Morgan fingerprint density at radius 3 is 2.48 bits per heavy atom. The maximum absolute atomic E-state index is 12.7. The number of amides is 1. The first-order chi connectivity index (χ1) is 14.7. The summed E-state index contributed by atoms with van der Waals surface area (Å²) in [4.78, 5) is 23.4. The number of nitrogen functional groups attached to an aromatic ring is 1. The largest absolute Gasteiger partial charge is 0.484 e. The molecule has 0 saturated carbocycles. The van der Waals surface area contributed by atoms with E-state index in [0.717, 1.165) is 12.4 Å². The number of rotatable bonds is 7. The maximum atomic E-state index is 12.7. The lowest BCUT2D eigenvalue weighted by Gasteiger charge is -2.14. The molecule has 0 bridgehead atoms. The third-order valence-corrected chi connectivity index (χ3v) is 4.01. The topological polar surface area (TPSA) is 127 Å². The number of hydrogen-bond acceptors (Lipinski definition) is 8. The van der Waals surface area contributed by atoms with Crippen LogP contribution in [0.1, 0.15) is 5.56 Å². The van der Waals surface area contributed by atoms with Crippen molar-refractivity contribution in [2.75, 3.05) is 23.1 Å². The molecule has 0 radical (unpaired) electrons. The van der Waals surface area contributed by atoms with Crippen LogP contribution in [0.15, 0.2) is 48.9 Å². The Morgan fingerprint density at radius 2 is 1.81 bits per heavy atom. The van der Waals surface area contributed by atoms with Gasteiger partial charge in [0, 0.05) is 6.20 Å². The van der Waals surface area contributed by atoms with Crippen molar-refractivity contribution >= 4 is 40.6 Å². The average molecular weight is 454 g/mol.